The van der Waals surface area contributed by atoms with Crippen molar-refractivity contribution in [3.05, 3.63) is 108 Å². The lowest BCUT2D eigenvalue weighted by Gasteiger charge is -2.25. The van der Waals surface area contributed by atoms with E-state index in [2.05, 4.69) is 111 Å². The molecule has 4 heteroatoms. The van der Waals surface area contributed by atoms with Crippen LogP contribution in [0.3, 0.4) is 0 Å². The zero-order chi connectivity index (χ0) is 26.8. The summed E-state index contributed by atoms with van der Waals surface area (Å²) in [5, 5.41) is 0. The van der Waals surface area contributed by atoms with Gasteiger partial charge in [0, 0.05) is 24.5 Å². The second kappa shape index (κ2) is 10.8. The van der Waals surface area contributed by atoms with Crippen LogP contribution in [0.25, 0.3) is 33.5 Å². The second-order valence-corrected chi connectivity index (χ2v) is 10.6. The molecule has 38 heavy (non-hydrogen) atoms. The van der Waals surface area contributed by atoms with Gasteiger partial charge in [-0.25, -0.2) is 9.37 Å². The zero-order valence-corrected chi connectivity index (χ0v) is 22.9. The SMILES string of the molecule is CCN1C=CN(c2cc(-c3c(C(C)C)cc(-c4ccccc4)cc3C(C)C)cc(-c3ccc(F)cc3)n2)C1. The Morgan fingerprint density at radius 1 is 0.737 bits per heavy atom. The lowest BCUT2D eigenvalue weighted by molar-refractivity contribution is 0.429. The van der Waals surface area contributed by atoms with Gasteiger partial charge < -0.3 is 9.80 Å². The predicted molar refractivity (Wildman–Crippen MR) is 158 cm³/mol. The third-order valence-electron chi connectivity index (χ3n) is 7.28. The van der Waals surface area contributed by atoms with Gasteiger partial charge in [0.15, 0.2) is 0 Å². The fourth-order valence-corrected chi connectivity index (χ4v) is 5.12. The zero-order valence-electron chi connectivity index (χ0n) is 22.9. The fourth-order valence-electron chi connectivity index (χ4n) is 5.12. The van der Waals surface area contributed by atoms with E-state index in [-0.39, 0.29) is 5.82 Å². The van der Waals surface area contributed by atoms with Gasteiger partial charge in [-0.15, -0.1) is 0 Å². The first-order valence-corrected chi connectivity index (χ1v) is 13.5. The molecule has 1 aliphatic rings. The van der Waals surface area contributed by atoms with Crippen molar-refractivity contribution in [2.45, 2.75) is 46.5 Å². The summed E-state index contributed by atoms with van der Waals surface area (Å²) in [6.45, 7) is 12.9. The van der Waals surface area contributed by atoms with Crippen molar-refractivity contribution in [2.75, 3.05) is 18.1 Å². The number of nitrogens with zero attached hydrogens (tertiary/aromatic N) is 3. The molecule has 0 aliphatic carbocycles. The van der Waals surface area contributed by atoms with E-state index in [1.807, 2.05) is 12.1 Å². The van der Waals surface area contributed by atoms with Gasteiger partial charge in [-0.3, -0.25) is 0 Å². The van der Waals surface area contributed by atoms with Crippen LogP contribution in [-0.4, -0.2) is 23.1 Å². The topological polar surface area (TPSA) is 19.4 Å². The molecule has 1 aromatic heterocycles. The summed E-state index contributed by atoms with van der Waals surface area (Å²) in [4.78, 5) is 9.48. The number of hydrogen-bond donors (Lipinski definition) is 0. The maximum Gasteiger partial charge on any atom is 0.135 e. The van der Waals surface area contributed by atoms with Crippen LogP contribution in [0, 0.1) is 5.82 Å². The van der Waals surface area contributed by atoms with Crippen molar-refractivity contribution in [3.63, 3.8) is 0 Å². The first kappa shape index (κ1) is 25.7. The number of hydrogen-bond acceptors (Lipinski definition) is 3. The molecule has 0 N–H and O–H groups in total. The van der Waals surface area contributed by atoms with Crippen LogP contribution in [-0.2, 0) is 0 Å². The third kappa shape index (κ3) is 5.22. The molecule has 0 fully saturated rings. The molecule has 3 nitrogen and oxygen atoms in total. The van der Waals surface area contributed by atoms with Crippen molar-refractivity contribution < 1.29 is 4.39 Å². The summed E-state index contributed by atoms with van der Waals surface area (Å²) in [7, 11) is 0. The minimum atomic E-state index is -0.244. The minimum Gasteiger partial charge on any atom is -0.358 e. The predicted octanol–water partition coefficient (Wildman–Crippen LogP) is 9.04. The average Bonchev–Trinajstić information content (AvgIpc) is 3.42. The van der Waals surface area contributed by atoms with E-state index in [1.54, 1.807) is 0 Å². The fraction of sp³-hybridized carbons (Fsp3) is 0.265. The summed E-state index contributed by atoms with van der Waals surface area (Å²) in [5.41, 5.74) is 9.29. The molecule has 5 rings (SSSR count). The van der Waals surface area contributed by atoms with Crippen molar-refractivity contribution in [2.24, 2.45) is 0 Å². The van der Waals surface area contributed by atoms with E-state index in [1.165, 1.54) is 39.9 Å². The van der Waals surface area contributed by atoms with E-state index in [0.717, 1.165) is 35.9 Å². The number of rotatable bonds is 7. The standard InChI is InChI=1S/C34H36FN3/c1-6-37-16-17-38(22-37)33-21-28(20-32(36-33)26-12-14-29(35)15-13-26)34-30(23(2)3)18-27(19-31(34)24(4)5)25-10-8-7-9-11-25/h7-21,23-24H,6,22H2,1-5H3. The maximum atomic E-state index is 13.8. The van der Waals surface area contributed by atoms with Gasteiger partial charge in [-0.2, -0.15) is 0 Å². The monoisotopic (exact) mass is 505 g/mol. The molecule has 194 valence electrons. The van der Waals surface area contributed by atoms with Gasteiger partial charge in [-0.05, 0) is 88.5 Å². The van der Waals surface area contributed by atoms with Crippen LogP contribution >= 0.6 is 0 Å². The molecule has 0 unspecified atom stereocenters. The van der Waals surface area contributed by atoms with Crippen molar-refractivity contribution in [1.82, 2.24) is 9.88 Å². The van der Waals surface area contributed by atoms with Crippen LogP contribution in [0.1, 0.15) is 57.6 Å². The smallest absolute Gasteiger partial charge is 0.135 e. The van der Waals surface area contributed by atoms with Crippen LogP contribution in [0.5, 0.6) is 0 Å². The van der Waals surface area contributed by atoms with Gasteiger partial charge in [0.05, 0.1) is 12.4 Å². The Kier molecular flexibility index (Phi) is 7.33. The lowest BCUT2D eigenvalue weighted by Crippen LogP contribution is -2.25. The van der Waals surface area contributed by atoms with Crippen LogP contribution < -0.4 is 4.90 Å². The van der Waals surface area contributed by atoms with E-state index in [4.69, 9.17) is 4.98 Å². The number of anilines is 1. The molecule has 3 aromatic carbocycles. The molecular formula is C34H36FN3. The van der Waals surface area contributed by atoms with E-state index < -0.39 is 0 Å². The van der Waals surface area contributed by atoms with Gasteiger partial charge >= 0.3 is 0 Å². The summed E-state index contributed by atoms with van der Waals surface area (Å²) in [5.74, 6) is 1.32. The molecule has 0 bridgehead atoms. The second-order valence-electron chi connectivity index (χ2n) is 10.6. The molecule has 1 aliphatic heterocycles. The normalized spacial score (nSPS) is 13.3. The van der Waals surface area contributed by atoms with Crippen molar-refractivity contribution in [1.29, 1.82) is 0 Å². The summed E-state index contributed by atoms with van der Waals surface area (Å²) in [6, 6.07) is 26.4. The first-order chi connectivity index (χ1) is 18.3. The van der Waals surface area contributed by atoms with Crippen molar-refractivity contribution in [3.8, 4) is 33.5 Å². The quantitative estimate of drug-likeness (QED) is 0.250. The van der Waals surface area contributed by atoms with Gasteiger partial charge in [-0.1, -0.05) is 70.2 Å². The largest absolute Gasteiger partial charge is 0.358 e. The van der Waals surface area contributed by atoms with Crippen LogP contribution in [0.2, 0.25) is 0 Å². The summed E-state index contributed by atoms with van der Waals surface area (Å²) in [6.07, 6.45) is 4.20. The summed E-state index contributed by atoms with van der Waals surface area (Å²) < 4.78 is 13.8. The number of pyridine rings is 1. The van der Waals surface area contributed by atoms with E-state index >= 15 is 0 Å². The molecule has 4 aromatic rings. The maximum absolute atomic E-state index is 13.8. The third-order valence-corrected chi connectivity index (χ3v) is 7.28. The summed E-state index contributed by atoms with van der Waals surface area (Å²) >= 11 is 0. The molecule has 0 atom stereocenters. The van der Waals surface area contributed by atoms with Gasteiger partial charge in [0.1, 0.15) is 11.6 Å². The van der Waals surface area contributed by atoms with Gasteiger partial charge in [0.25, 0.3) is 0 Å². The highest BCUT2D eigenvalue weighted by Gasteiger charge is 2.22. The number of benzene rings is 3. The Hall–Kier alpha value is -3.92. The van der Waals surface area contributed by atoms with E-state index in [9.17, 15) is 4.39 Å². The van der Waals surface area contributed by atoms with Crippen LogP contribution in [0.4, 0.5) is 10.2 Å². The molecule has 0 saturated heterocycles. The first-order valence-electron chi connectivity index (χ1n) is 13.5. The molecule has 0 spiro atoms. The molecule has 0 amide bonds. The Labute approximate surface area is 226 Å². The Morgan fingerprint density at radius 3 is 1.97 bits per heavy atom. The minimum absolute atomic E-state index is 0.244. The average molecular weight is 506 g/mol. The highest BCUT2D eigenvalue weighted by atomic mass is 19.1. The Bertz CT molecular complexity index is 1410. The lowest BCUT2D eigenvalue weighted by atomic mass is 9.82. The highest BCUT2D eigenvalue weighted by Crippen LogP contribution is 2.41. The van der Waals surface area contributed by atoms with Gasteiger partial charge in [0.2, 0.25) is 0 Å². The molecule has 0 saturated carbocycles. The number of halogens is 1. The van der Waals surface area contributed by atoms with Crippen LogP contribution in [0.15, 0.2) is 91.3 Å². The number of aromatic nitrogens is 1. The Morgan fingerprint density at radius 2 is 1.39 bits per heavy atom. The van der Waals surface area contributed by atoms with Crippen molar-refractivity contribution >= 4 is 5.82 Å². The van der Waals surface area contributed by atoms with E-state index in [0.29, 0.717) is 11.8 Å². The highest BCUT2D eigenvalue weighted by molar-refractivity contribution is 5.82. The molecule has 2 heterocycles. The molecular weight excluding hydrogens is 469 g/mol. The molecule has 0 radical (unpaired) electrons. The Balaban J connectivity index is 1.74.